The van der Waals surface area contributed by atoms with Crippen molar-refractivity contribution >= 4 is 16.9 Å². The smallest absolute Gasteiger partial charge is 0.251 e. The number of carbonyl (C=O) groups excluding carboxylic acids is 1. The molecule has 0 saturated carbocycles. The SMILES string of the molecule is COc1ccc(OCCCCn2c(CCNC(=O)c3cc(OC)c(OC)c(OC)c3)nc3ccccc32)cc1. The van der Waals surface area contributed by atoms with E-state index in [0.29, 0.717) is 42.4 Å². The highest BCUT2D eigenvalue weighted by molar-refractivity contribution is 5.95. The molecule has 0 spiro atoms. The first-order valence-electron chi connectivity index (χ1n) is 12.9. The second-order valence-electron chi connectivity index (χ2n) is 8.82. The molecule has 0 saturated heterocycles. The van der Waals surface area contributed by atoms with Gasteiger partial charge in [0.05, 0.1) is 46.1 Å². The molecule has 1 N–H and O–H groups in total. The molecule has 0 atom stereocenters. The van der Waals surface area contributed by atoms with Crippen molar-refractivity contribution in [2.45, 2.75) is 25.8 Å². The molecule has 1 amide bonds. The maximum absolute atomic E-state index is 12.9. The first kappa shape index (κ1) is 27.6. The lowest BCUT2D eigenvalue weighted by atomic mass is 10.1. The van der Waals surface area contributed by atoms with Gasteiger partial charge in [-0.1, -0.05) is 12.1 Å². The van der Waals surface area contributed by atoms with Gasteiger partial charge in [-0.3, -0.25) is 4.79 Å². The fourth-order valence-electron chi connectivity index (χ4n) is 4.40. The van der Waals surface area contributed by atoms with E-state index in [1.54, 1.807) is 19.2 Å². The van der Waals surface area contributed by atoms with Crippen molar-refractivity contribution in [3.63, 3.8) is 0 Å². The number of ether oxygens (including phenoxy) is 5. The molecular formula is C30H35N3O6. The van der Waals surface area contributed by atoms with Gasteiger partial charge in [0, 0.05) is 25.1 Å². The summed E-state index contributed by atoms with van der Waals surface area (Å²) in [5, 5.41) is 2.99. The van der Waals surface area contributed by atoms with Crippen LogP contribution < -0.4 is 29.0 Å². The van der Waals surface area contributed by atoms with Crippen LogP contribution in [0.2, 0.25) is 0 Å². The Kier molecular flexibility index (Phi) is 9.50. The zero-order valence-corrected chi connectivity index (χ0v) is 22.9. The second kappa shape index (κ2) is 13.4. The summed E-state index contributed by atoms with van der Waals surface area (Å²) in [6.45, 7) is 1.86. The van der Waals surface area contributed by atoms with Crippen LogP contribution in [-0.2, 0) is 13.0 Å². The van der Waals surface area contributed by atoms with Crippen LogP contribution in [0.4, 0.5) is 0 Å². The van der Waals surface area contributed by atoms with Gasteiger partial charge in [-0.2, -0.15) is 0 Å². The number of aryl methyl sites for hydroxylation is 1. The Morgan fingerprint density at radius 1 is 0.846 bits per heavy atom. The van der Waals surface area contributed by atoms with Gasteiger partial charge >= 0.3 is 0 Å². The maximum Gasteiger partial charge on any atom is 0.251 e. The first-order chi connectivity index (χ1) is 19.1. The highest BCUT2D eigenvalue weighted by Gasteiger charge is 2.17. The third-order valence-corrected chi connectivity index (χ3v) is 6.40. The van der Waals surface area contributed by atoms with Crippen LogP contribution in [0.5, 0.6) is 28.7 Å². The van der Waals surface area contributed by atoms with Crippen LogP contribution in [0.3, 0.4) is 0 Å². The summed E-state index contributed by atoms with van der Waals surface area (Å²) in [4.78, 5) is 17.7. The van der Waals surface area contributed by atoms with E-state index in [0.717, 1.165) is 47.7 Å². The lowest BCUT2D eigenvalue weighted by Gasteiger charge is -2.14. The fraction of sp³-hybridized carbons (Fsp3) is 0.333. The Hall–Kier alpha value is -4.40. The van der Waals surface area contributed by atoms with Crippen molar-refractivity contribution in [2.24, 2.45) is 0 Å². The Morgan fingerprint density at radius 3 is 2.21 bits per heavy atom. The topological polar surface area (TPSA) is 93.1 Å². The molecule has 0 aliphatic rings. The van der Waals surface area contributed by atoms with Crippen LogP contribution >= 0.6 is 0 Å². The first-order valence-corrected chi connectivity index (χ1v) is 12.9. The lowest BCUT2D eigenvalue weighted by Crippen LogP contribution is -2.26. The van der Waals surface area contributed by atoms with Crippen LogP contribution in [0.15, 0.2) is 60.7 Å². The van der Waals surface area contributed by atoms with E-state index in [2.05, 4.69) is 16.0 Å². The zero-order valence-electron chi connectivity index (χ0n) is 22.9. The maximum atomic E-state index is 12.9. The lowest BCUT2D eigenvalue weighted by molar-refractivity contribution is 0.0953. The van der Waals surface area contributed by atoms with Crippen molar-refractivity contribution in [1.29, 1.82) is 0 Å². The molecule has 3 aromatic carbocycles. The molecule has 206 valence electrons. The van der Waals surface area contributed by atoms with Gasteiger partial charge in [-0.25, -0.2) is 4.98 Å². The molecule has 9 heteroatoms. The van der Waals surface area contributed by atoms with Gasteiger partial charge in [0.2, 0.25) is 5.75 Å². The van der Waals surface area contributed by atoms with E-state index in [-0.39, 0.29) is 5.91 Å². The largest absolute Gasteiger partial charge is 0.497 e. The third kappa shape index (κ3) is 6.73. The molecular weight excluding hydrogens is 498 g/mol. The highest BCUT2D eigenvalue weighted by Crippen LogP contribution is 2.38. The summed E-state index contributed by atoms with van der Waals surface area (Å²) in [5.74, 6) is 3.64. The van der Waals surface area contributed by atoms with E-state index < -0.39 is 0 Å². The summed E-state index contributed by atoms with van der Waals surface area (Å²) < 4.78 is 29.4. The minimum absolute atomic E-state index is 0.229. The van der Waals surface area contributed by atoms with Gasteiger partial charge in [0.15, 0.2) is 11.5 Å². The summed E-state index contributed by atoms with van der Waals surface area (Å²) in [5.41, 5.74) is 2.45. The van der Waals surface area contributed by atoms with Crippen molar-refractivity contribution in [3.8, 4) is 28.7 Å². The van der Waals surface area contributed by atoms with E-state index in [9.17, 15) is 4.79 Å². The number of rotatable bonds is 14. The molecule has 9 nitrogen and oxygen atoms in total. The number of fused-ring (bicyclic) bond motifs is 1. The number of hydrogen-bond acceptors (Lipinski definition) is 7. The highest BCUT2D eigenvalue weighted by atomic mass is 16.5. The summed E-state index contributed by atoms with van der Waals surface area (Å²) in [6.07, 6.45) is 2.42. The van der Waals surface area contributed by atoms with E-state index >= 15 is 0 Å². The molecule has 0 bridgehead atoms. The Bertz CT molecular complexity index is 1360. The predicted molar refractivity (Wildman–Crippen MR) is 150 cm³/mol. The van der Waals surface area contributed by atoms with Crippen molar-refractivity contribution in [2.75, 3.05) is 41.6 Å². The molecule has 1 aromatic heterocycles. The number of unbranched alkanes of at least 4 members (excludes halogenated alkanes) is 1. The summed E-state index contributed by atoms with van der Waals surface area (Å²) in [6, 6.07) is 19.0. The molecule has 1 heterocycles. The Morgan fingerprint density at radius 2 is 1.54 bits per heavy atom. The number of nitrogens with zero attached hydrogens (tertiary/aromatic N) is 2. The van der Waals surface area contributed by atoms with Gasteiger partial charge in [0.1, 0.15) is 17.3 Å². The molecule has 0 fully saturated rings. The molecule has 0 aliphatic carbocycles. The van der Waals surface area contributed by atoms with Gasteiger partial charge in [-0.15, -0.1) is 0 Å². The molecule has 0 aliphatic heterocycles. The fourth-order valence-corrected chi connectivity index (χ4v) is 4.40. The van der Waals surface area contributed by atoms with Crippen LogP contribution in [0.1, 0.15) is 29.0 Å². The van der Waals surface area contributed by atoms with Gasteiger partial charge in [-0.05, 0) is 61.4 Å². The number of benzene rings is 3. The molecule has 4 rings (SSSR count). The van der Waals surface area contributed by atoms with Crippen molar-refractivity contribution in [1.82, 2.24) is 14.9 Å². The van der Waals surface area contributed by atoms with Crippen LogP contribution in [-0.4, -0.2) is 57.0 Å². The Balaban J connectivity index is 1.35. The number of carbonyl (C=O) groups is 1. The normalized spacial score (nSPS) is 10.8. The zero-order chi connectivity index (χ0) is 27.6. The molecule has 39 heavy (non-hydrogen) atoms. The second-order valence-corrected chi connectivity index (χ2v) is 8.82. The monoisotopic (exact) mass is 533 g/mol. The number of methoxy groups -OCH3 is 4. The molecule has 4 aromatic rings. The number of nitrogens with one attached hydrogen (secondary N) is 1. The number of amides is 1. The van der Waals surface area contributed by atoms with E-state index in [1.165, 1.54) is 21.3 Å². The summed E-state index contributed by atoms with van der Waals surface area (Å²) >= 11 is 0. The number of aromatic nitrogens is 2. The minimum Gasteiger partial charge on any atom is -0.497 e. The molecule has 0 unspecified atom stereocenters. The van der Waals surface area contributed by atoms with Crippen molar-refractivity contribution in [3.05, 3.63) is 72.1 Å². The van der Waals surface area contributed by atoms with Crippen LogP contribution in [0, 0.1) is 0 Å². The third-order valence-electron chi connectivity index (χ3n) is 6.40. The number of hydrogen-bond donors (Lipinski definition) is 1. The average Bonchev–Trinajstić information content (AvgIpc) is 3.33. The van der Waals surface area contributed by atoms with E-state index in [1.807, 2.05) is 42.5 Å². The number of imidazole rings is 1. The van der Waals surface area contributed by atoms with E-state index in [4.69, 9.17) is 28.7 Å². The standard InChI is InChI=1S/C30H35N3O6/c1-35-22-11-13-23(14-12-22)39-18-8-7-17-33-25-10-6-5-9-24(25)32-28(33)15-16-31-30(34)21-19-26(36-2)29(38-4)27(20-21)37-3/h5-6,9-14,19-20H,7-8,15-18H2,1-4H3,(H,31,34). The number of para-hydroxylation sites is 2. The quantitative estimate of drug-likeness (QED) is 0.230. The Labute approximate surface area is 228 Å². The van der Waals surface area contributed by atoms with Crippen LogP contribution in [0.25, 0.3) is 11.0 Å². The molecule has 0 radical (unpaired) electrons. The summed E-state index contributed by atoms with van der Waals surface area (Å²) in [7, 11) is 6.22. The average molecular weight is 534 g/mol. The van der Waals surface area contributed by atoms with Gasteiger partial charge < -0.3 is 33.6 Å². The minimum atomic E-state index is -0.229. The van der Waals surface area contributed by atoms with Gasteiger partial charge in [0.25, 0.3) is 5.91 Å². The van der Waals surface area contributed by atoms with Crippen molar-refractivity contribution < 1.29 is 28.5 Å². The predicted octanol–water partition coefficient (Wildman–Crippen LogP) is 4.90.